The van der Waals surface area contributed by atoms with Gasteiger partial charge in [0.1, 0.15) is 11.3 Å². The highest BCUT2D eigenvalue weighted by Crippen LogP contribution is 2.51. The maximum atomic E-state index is 11.6. The number of rotatable bonds is 6. The topological polar surface area (TPSA) is 77.7 Å². The quantitative estimate of drug-likeness (QED) is 0.814. The van der Waals surface area contributed by atoms with Crippen molar-refractivity contribution < 1.29 is 14.3 Å². The van der Waals surface area contributed by atoms with E-state index < -0.39 is 5.91 Å². The van der Waals surface area contributed by atoms with Crippen molar-refractivity contribution in [2.45, 2.75) is 37.8 Å². The summed E-state index contributed by atoms with van der Waals surface area (Å²) in [5.41, 5.74) is 6.42. The van der Waals surface area contributed by atoms with E-state index in [0.29, 0.717) is 23.6 Å². The van der Waals surface area contributed by atoms with Crippen molar-refractivity contribution in [3.05, 3.63) is 29.6 Å². The molecule has 26 heavy (non-hydrogen) atoms. The fourth-order valence-corrected chi connectivity index (χ4v) is 4.90. The average molecular weight is 384 g/mol. The van der Waals surface area contributed by atoms with Gasteiger partial charge in [-0.05, 0) is 37.5 Å². The fraction of sp³-hybridized carbons (Fsp3) is 0.684. The molecule has 3 rings (SSSR count). The zero-order valence-electron chi connectivity index (χ0n) is 15.8. The van der Waals surface area contributed by atoms with E-state index in [4.69, 9.17) is 15.2 Å². The highest BCUT2D eigenvalue weighted by molar-refractivity contribution is 5.90. The number of nitrogens with zero attached hydrogens (tertiary/aromatic N) is 2. The summed E-state index contributed by atoms with van der Waals surface area (Å²) in [6.45, 7) is 4.91. The van der Waals surface area contributed by atoms with Gasteiger partial charge in [-0.2, -0.15) is 0 Å². The molecule has 2 bridgehead atoms. The summed E-state index contributed by atoms with van der Waals surface area (Å²) in [5, 5.41) is 0. The third-order valence-electron chi connectivity index (χ3n) is 6.06. The second-order valence-electron chi connectivity index (χ2n) is 7.37. The molecule has 0 spiro atoms. The maximum absolute atomic E-state index is 11.6. The Morgan fingerprint density at radius 2 is 2.04 bits per heavy atom. The highest BCUT2D eigenvalue weighted by Gasteiger charge is 2.53. The van der Waals surface area contributed by atoms with Gasteiger partial charge in [0.25, 0.3) is 5.91 Å². The standard InChI is InChI=1S/C19H29N3O3.ClH/c1-13(12-24-2)22-10-15-5-4-6-16(11-22)19(15,25-3)14-7-8-21-17(9-14)18(20)23;/h7-9,13,15-16H,4-6,10-12H2,1-3H3,(H2,20,23);1H/t13-,15?,16?,19?;/m1./s1. The second kappa shape index (κ2) is 8.65. The van der Waals surface area contributed by atoms with Crippen molar-refractivity contribution >= 4 is 18.3 Å². The van der Waals surface area contributed by atoms with Crippen LogP contribution in [0.2, 0.25) is 0 Å². The van der Waals surface area contributed by atoms with Gasteiger partial charge >= 0.3 is 0 Å². The Balaban J connectivity index is 0.00000243. The maximum Gasteiger partial charge on any atom is 0.267 e. The average Bonchev–Trinajstić information content (AvgIpc) is 2.60. The van der Waals surface area contributed by atoms with Gasteiger partial charge in [-0.15, -0.1) is 12.4 Å². The third kappa shape index (κ3) is 3.60. The Kier molecular flexibility index (Phi) is 7.02. The molecule has 1 aromatic rings. The number of carbonyl (C=O) groups excluding carboxylic acids is 1. The number of likely N-dealkylation sites (tertiary alicyclic amines) is 1. The number of nitrogens with two attached hydrogens (primary N) is 1. The monoisotopic (exact) mass is 383 g/mol. The highest BCUT2D eigenvalue weighted by atomic mass is 35.5. The molecule has 1 amide bonds. The summed E-state index contributed by atoms with van der Waals surface area (Å²) in [5.74, 6) is 0.268. The molecule has 1 aliphatic carbocycles. The van der Waals surface area contributed by atoms with Crippen LogP contribution in [0.15, 0.2) is 18.3 Å². The zero-order valence-corrected chi connectivity index (χ0v) is 16.6. The Morgan fingerprint density at radius 3 is 2.58 bits per heavy atom. The Hall–Kier alpha value is -1.21. The van der Waals surface area contributed by atoms with Crippen LogP contribution in [0.5, 0.6) is 0 Å². The first-order valence-electron chi connectivity index (χ1n) is 9.07. The van der Waals surface area contributed by atoms with E-state index in [1.807, 2.05) is 12.1 Å². The molecule has 0 radical (unpaired) electrons. The van der Waals surface area contributed by atoms with E-state index >= 15 is 0 Å². The molecule has 1 aliphatic heterocycles. The zero-order chi connectivity index (χ0) is 18.0. The third-order valence-corrected chi connectivity index (χ3v) is 6.06. The molecule has 2 unspecified atom stereocenters. The molecular weight excluding hydrogens is 354 g/mol. The van der Waals surface area contributed by atoms with E-state index in [0.717, 1.165) is 38.1 Å². The van der Waals surface area contributed by atoms with E-state index in [1.165, 1.54) is 6.42 Å². The number of hydrogen-bond acceptors (Lipinski definition) is 5. The SMILES string of the molecule is COC[C@@H](C)N1CC2CCCC(C1)C2(OC)c1ccnc(C(N)=O)c1.Cl. The number of piperidine rings is 1. The first-order valence-corrected chi connectivity index (χ1v) is 9.07. The van der Waals surface area contributed by atoms with Gasteiger partial charge in [-0.3, -0.25) is 14.7 Å². The van der Waals surface area contributed by atoms with Crippen LogP contribution in [-0.4, -0.2) is 55.7 Å². The van der Waals surface area contributed by atoms with Crippen LogP contribution >= 0.6 is 12.4 Å². The fourth-order valence-electron chi connectivity index (χ4n) is 4.90. The summed E-state index contributed by atoms with van der Waals surface area (Å²) in [4.78, 5) is 18.2. The molecule has 0 aromatic carbocycles. The Bertz CT molecular complexity index is 614. The van der Waals surface area contributed by atoms with Crippen molar-refractivity contribution in [2.24, 2.45) is 17.6 Å². The minimum absolute atomic E-state index is 0. The number of pyridine rings is 1. The van der Waals surface area contributed by atoms with Gasteiger partial charge in [0, 0.05) is 51.4 Å². The number of halogens is 1. The van der Waals surface area contributed by atoms with Crippen molar-refractivity contribution in [3.63, 3.8) is 0 Å². The van der Waals surface area contributed by atoms with Gasteiger partial charge in [0.05, 0.1) is 6.61 Å². The summed E-state index contributed by atoms with van der Waals surface area (Å²) in [6, 6.07) is 4.20. The molecule has 2 aliphatic rings. The van der Waals surface area contributed by atoms with Crippen LogP contribution in [0.25, 0.3) is 0 Å². The lowest BCUT2D eigenvalue weighted by molar-refractivity contribution is -0.175. The lowest BCUT2D eigenvalue weighted by Crippen LogP contribution is -2.61. The smallest absolute Gasteiger partial charge is 0.267 e. The van der Waals surface area contributed by atoms with Crippen molar-refractivity contribution in [2.75, 3.05) is 33.9 Å². The van der Waals surface area contributed by atoms with Crippen LogP contribution in [0.4, 0.5) is 0 Å². The van der Waals surface area contributed by atoms with Crippen molar-refractivity contribution in [1.29, 1.82) is 0 Å². The minimum Gasteiger partial charge on any atom is -0.383 e. The van der Waals surface area contributed by atoms with Gasteiger partial charge in [-0.25, -0.2) is 0 Å². The van der Waals surface area contributed by atoms with Gasteiger partial charge in [-0.1, -0.05) is 6.42 Å². The molecule has 2 fully saturated rings. The lowest BCUT2D eigenvalue weighted by atomic mass is 9.62. The van der Waals surface area contributed by atoms with Crippen LogP contribution in [0.3, 0.4) is 0 Å². The van der Waals surface area contributed by atoms with Gasteiger partial charge in [0.15, 0.2) is 0 Å². The Morgan fingerprint density at radius 1 is 1.38 bits per heavy atom. The van der Waals surface area contributed by atoms with Crippen LogP contribution in [0.1, 0.15) is 42.2 Å². The number of carbonyl (C=O) groups is 1. The number of amides is 1. The summed E-state index contributed by atoms with van der Waals surface area (Å²) in [7, 11) is 3.55. The number of primary amides is 1. The largest absolute Gasteiger partial charge is 0.383 e. The predicted molar refractivity (Wildman–Crippen MR) is 102 cm³/mol. The van der Waals surface area contributed by atoms with Crippen molar-refractivity contribution in [1.82, 2.24) is 9.88 Å². The predicted octanol–water partition coefficient (Wildman–Crippen LogP) is 2.21. The molecule has 3 atom stereocenters. The van der Waals surface area contributed by atoms with Crippen molar-refractivity contribution in [3.8, 4) is 0 Å². The first-order chi connectivity index (χ1) is 12.0. The summed E-state index contributed by atoms with van der Waals surface area (Å²) < 4.78 is 11.6. The molecule has 146 valence electrons. The van der Waals surface area contributed by atoms with Crippen LogP contribution in [-0.2, 0) is 15.1 Å². The first kappa shape index (κ1) is 21.1. The molecule has 1 saturated carbocycles. The molecule has 7 heteroatoms. The lowest BCUT2D eigenvalue weighted by Gasteiger charge is -2.56. The van der Waals surface area contributed by atoms with E-state index in [1.54, 1.807) is 20.4 Å². The van der Waals surface area contributed by atoms with Crippen LogP contribution in [0, 0.1) is 11.8 Å². The molecule has 2 heterocycles. The molecule has 6 nitrogen and oxygen atoms in total. The van der Waals surface area contributed by atoms with E-state index in [9.17, 15) is 4.79 Å². The number of ether oxygens (including phenoxy) is 2. The molecule has 1 aromatic heterocycles. The van der Waals surface area contributed by atoms with Crippen LogP contribution < -0.4 is 5.73 Å². The molecule has 2 N–H and O–H groups in total. The van der Waals surface area contributed by atoms with Gasteiger partial charge in [0.2, 0.25) is 0 Å². The molecule has 1 saturated heterocycles. The minimum atomic E-state index is -0.496. The number of hydrogen-bond donors (Lipinski definition) is 1. The summed E-state index contributed by atoms with van der Waals surface area (Å²) in [6.07, 6.45) is 5.14. The Labute approximate surface area is 161 Å². The normalized spacial score (nSPS) is 29.7. The second-order valence-corrected chi connectivity index (χ2v) is 7.37. The van der Waals surface area contributed by atoms with Gasteiger partial charge < -0.3 is 15.2 Å². The molecular formula is C19H30ClN3O3. The van der Waals surface area contributed by atoms with E-state index in [-0.39, 0.29) is 18.0 Å². The number of aromatic nitrogens is 1. The number of methoxy groups -OCH3 is 2. The summed E-state index contributed by atoms with van der Waals surface area (Å²) >= 11 is 0. The van der Waals surface area contributed by atoms with E-state index in [2.05, 4.69) is 16.8 Å². The number of fused-ring (bicyclic) bond motifs is 2.